The molecule has 4 aromatic carbocycles. The van der Waals surface area contributed by atoms with E-state index in [0.29, 0.717) is 0 Å². The van der Waals surface area contributed by atoms with E-state index >= 15 is 0 Å². The largest absolute Gasteiger partial charge is 0.256 e. The maximum absolute atomic E-state index is 5.51. The van der Waals surface area contributed by atoms with Crippen LogP contribution in [0.5, 0.6) is 0 Å². The van der Waals surface area contributed by atoms with Gasteiger partial charge in [0.2, 0.25) is 0 Å². The summed E-state index contributed by atoms with van der Waals surface area (Å²) in [6.45, 7) is 2.06. The van der Waals surface area contributed by atoms with Gasteiger partial charge in [-0.05, 0) is 59.5 Å². The van der Waals surface area contributed by atoms with E-state index in [1.54, 1.807) is 0 Å². The number of aliphatic imine (C=N–C) groups is 1. The Kier molecular flexibility index (Phi) is 5.77. The van der Waals surface area contributed by atoms with Crippen LogP contribution in [0.15, 0.2) is 114 Å². The second kappa shape index (κ2) is 9.53. The van der Waals surface area contributed by atoms with Gasteiger partial charge in [-0.3, -0.25) is 9.97 Å². The molecule has 174 valence electrons. The molecule has 0 amide bonds. The first-order valence-electron chi connectivity index (χ1n) is 12.1. The van der Waals surface area contributed by atoms with Gasteiger partial charge in [0.1, 0.15) is 0 Å². The van der Waals surface area contributed by atoms with Gasteiger partial charge in [0, 0.05) is 39.9 Å². The van der Waals surface area contributed by atoms with E-state index in [1.165, 1.54) is 6.21 Å². The summed E-state index contributed by atoms with van der Waals surface area (Å²) in [6, 6.07) is 33.6. The number of pyridine rings is 2. The molecule has 6 aromatic rings. The first kappa shape index (κ1) is 22.4. The summed E-state index contributed by atoms with van der Waals surface area (Å²) >= 11 is 0. The number of terminal acetylenes is 1. The molecule has 0 saturated carbocycles. The second-order valence-electron chi connectivity index (χ2n) is 8.96. The quantitative estimate of drug-likeness (QED) is 0.190. The zero-order valence-corrected chi connectivity index (χ0v) is 20.4. The minimum absolute atomic E-state index is 0.871. The number of fused-ring (bicyclic) bond motifs is 2. The van der Waals surface area contributed by atoms with Crippen molar-refractivity contribution >= 4 is 33.7 Å². The number of hydrogen-bond donors (Lipinski definition) is 0. The van der Waals surface area contributed by atoms with Crippen LogP contribution in [0.4, 0.5) is 5.69 Å². The lowest BCUT2D eigenvalue weighted by Crippen LogP contribution is -1.91. The Morgan fingerprint density at radius 1 is 0.649 bits per heavy atom. The van der Waals surface area contributed by atoms with Crippen molar-refractivity contribution in [3.63, 3.8) is 0 Å². The van der Waals surface area contributed by atoms with Gasteiger partial charge >= 0.3 is 0 Å². The smallest absolute Gasteiger partial charge is 0.0780 e. The molecule has 2 heterocycles. The number of aromatic nitrogens is 2. The van der Waals surface area contributed by atoms with Gasteiger partial charge < -0.3 is 0 Å². The Balaban J connectivity index is 1.68. The average Bonchev–Trinajstić information content (AvgIpc) is 2.95. The molecule has 3 heteroatoms. The van der Waals surface area contributed by atoms with E-state index in [0.717, 1.165) is 66.4 Å². The number of nitrogens with zero attached hydrogens (tertiary/aromatic N) is 3. The topological polar surface area (TPSA) is 38.1 Å². The normalized spacial score (nSPS) is 11.2. The van der Waals surface area contributed by atoms with Crippen LogP contribution in [0.25, 0.3) is 55.2 Å². The molecule has 0 radical (unpaired) electrons. The predicted molar refractivity (Wildman–Crippen MR) is 155 cm³/mol. The Labute approximate surface area is 216 Å². The molecule has 0 aliphatic heterocycles. The van der Waals surface area contributed by atoms with Crippen LogP contribution in [0.2, 0.25) is 0 Å². The highest BCUT2D eigenvalue weighted by Gasteiger charge is 2.14. The maximum atomic E-state index is 5.51. The third kappa shape index (κ3) is 4.16. The highest BCUT2D eigenvalue weighted by Crippen LogP contribution is 2.40. The van der Waals surface area contributed by atoms with Gasteiger partial charge in [-0.1, -0.05) is 72.7 Å². The third-order valence-corrected chi connectivity index (χ3v) is 6.64. The predicted octanol–water partition coefficient (Wildman–Crippen LogP) is 8.43. The Morgan fingerprint density at radius 2 is 1.14 bits per heavy atom. The summed E-state index contributed by atoms with van der Waals surface area (Å²) in [5.41, 5.74) is 10.3. The lowest BCUT2D eigenvalue weighted by molar-refractivity contribution is 1.40. The van der Waals surface area contributed by atoms with Crippen molar-refractivity contribution in [1.82, 2.24) is 9.97 Å². The van der Waals surface area contributed by atoms with E-state index in [-0.39, 0.29) is 0 Å². The minimum atomic E-state index is 0.871. The number of hydrogen-bond acceptors (Lipinski definition) is 3. The van der Waals surface area contributed by atoms with Crippen molar-refractivity contribution in [3.05, 3.63) is 115 Å². The summed E-state index contributed by atoms with van der Waals surface area (Å²) < 4.78 is 0. The van der Waals surface area contributed by atoms with Crippen LogP contribution < -0.4 is 0 Å². The number of benzene rings is 4. The van der Waals surface area contributed by atoms with E-state index in [2.05, 4.69) is 103 Å². The summed E-state index contributed by atoms with van der Waals surface area (Å²) in [5, 5.41) is 2.21. The Bertz CT molecular complexity index is 1750. The summed E-state index contributed by atoms with van der Waals surface area (Å²) in [7, 11) is 0. The lowest BCUT2D eigenvalue weighted by Gasteiger charge is -2.15. The maximum Gasteiger partial charge on any atom is 0.0780 e. The van der Waals surface area contributed by atoms with Crippen LogP contribution in [-0.2, 0) is 0 Å². The summed E-state index contributed by atoms with van der Waals surface area (Å²) in [4.78, 5) is 14.1. The summed E-state index contributed by atoms with van der Waals surface area (Å²) in [5.74, 6) is 2.53. The highest BCUT2D eigenvalue weighted by atomic mass is 14.7. The number of para-hydroxylation sites is 3. The third-order valence-electron chi connectivity index (χ3n) is 6.64. The molecule has 0 bridgehead atoms. The average molecular weight is 474 g/mol. The van der Waals surface area contributed by atoms with Crippen molar-refractivity contribution in [3.8, 4) is 45.7 Å². The van der Waals surface area contributed by atoms with Gasteiger partial charge in [0.05, 0.1) is 22.9 Å². The first-order chi connectivity index (χ1) is 18.2. The molecular weight excluding hydrogens is 450 g/mol. The van der Waals surface area contributed by atoms with Gasteiger partial charge in [0.25, 0.3) is 0 Å². The molecule has 0 spiro atoms. The van der Waals surface area contributed by atoms with Crippen LogP contribution in [0.1, 0.15) is 5.56 Å². The van der Waals surface area contributed by atoms with Gasteiger partial charge in [-0.2, -0.15) is 0 Å². The van der Waals surface area contributed by atoms with E-state index < -0.39 is 0 Å². The fourth-order valence-corrected chi connectivity index (χ4v) is 4.93. The van der Waals surface area contributed by atoms with E-state index in [4.69, 9.17) is 16.4 Å². The van der Waals surface area contributed by atoms with Crippen LogP contribution >= 0.6 is 0 Å². The van der Waals surface area contributed by atoms with Crippen molar-refractivity contribution in [2.45, 2.75) is 6.92 Å². The first-order valence-corrected chi connectivity index (χ1v) is 12.1. The summed E-state index contributed by atoms with van der Waals surface area (Å²) in [6.07, 6.45) is 10.7. The Morgan fingerprint density at radius 3 is 1.70 bits per heavy atom. The van der Waals surface area contributed by atoms with Crippen molar-refractivity contribution in [2.24, 2.45) is 4.99 Å². The molecule has 0 saturated heterocycles. The van der Waals surface area contributed by atoms with Crippen molar-refractivity contribution < 1.29 is 0 Å². The lowest BCUT2D eigenvalue weighted by atomic mass is 9.90. The minimum Gasteiger partial charge on any atom is -0.256 e. The van der Waals surface area contributed by atoms with Crippen LogP contribution in [0, 0.1) is 19.3 Å². The number of aryl methyl sites for hydroxylation is 1. The fourth-order valence-electron chi connectivity index (χ4n) is 4.93. The van der Waals surface area contributed by atoms with Gasteiger partial charge in [-0.15, -0.1) is 6.42 Å². The fraction of sp³-hybridized carbons (Fsp3) is 0.0294. The number of rotatable bonds is 4. The SMILES string of the molecule is C#C/C=N\c1c(C)cccc1-c1cc(-c2cccc3cccnc23)cc(-c2cccc3cccnc23)c1. The zero-order valence-electron chi connectivity index (χ0n) is 20.4. The zero-order chi connectivity index (χ0) is 25.2. The highest BCUT2D eigenvalue weighted by molar-refractivity contribution is 5.99. The molecule has 0 fully saturated rings. The molecule has 0 unspecified atom stereocenters. The van der Waals surface area contributed by atoms with E-state index in [9.17, 15) is 0 Å². The molecule has 0 atom stereocenters. The molecular formula is C34H23N3. The molecule has 0 aliphatic carbocycles. The molecule has 37 heavy (non-hydrogen) atoms. The van der Waals surface area contributed by atoms with Crippen LogP contribution in [-0.4, -0.2) is 16.2 Å². The Hall–Kier alpha value is -5.07. The van der Waals surface area contributed by atoms with Crippen molar-refractivity contribution in [2.75, 3.05) is 0 Å². The van der Waals surface area contributed by atoms with E-state index in [1.807, 2.05) is 24.5 Å². The van der Waals surface area contributed by atoms with Crippen LogP contribution in [0.3, 0.4) is 0 Å². The molecule has 6 rings (SSSR count). The molecule has 0 N–H and O–H groups in total. The van der Waals surface area contributed by atoms with Crippen molar-refractivity contribution in [1.29, 1.82) is 0 Å². The molecule has 0 aliphatic rings. The van der Waals surface area contributed by atoms with Gasteiger partial charge in [-0.25, -0.2) is 4.99 Å². The standard InChI is InChI=1S/C34H23N3/c1-3-17-35-32-23(2)9-4-14-29(32)26-20-27(30-15-5-10-24-12-7-18-36-33(24)30)22-28(21-26)31-16-6-11-25-13-8-19-37-34(25)31/h1,4-22H,2H3/b35-17-. The van der Waals surface area contributed by atoms with Gasteiger partial charge in [0.15, 0.2) is 0 Å². The molecule has 3 nitrogen and oxygen atoms in total. The second-order valence-corrected chi connectivity index (χ2v) is 8.96. The monoisotopic (exact) mass is 473 g/mol. The molecule has 2 aromatic heterocycles.